The lowest BCUT2D eigenvalue weighted by Gasteiger charge is -2.29. The van der Waals surface area contributed by atoms with E-state index >= 15 is 0 Å². The van der Waals surface area contributed by atoms with Gasteiger partial charge in [-0.1, -0.05) is 124 Å². The van der Waals surface area contributed by atoms with Gasteiger partial charge >= 0.3 is 0 Å². The van der Waals surface area contributed by atoms with E-state index in [0.29, 0.717) is 13.2 Å². The molecule has 0 bridgehead atoms. The van der Waals surface area contributed by atoms with Crippen molar-refractivity contribution in [3.05, 3.63) is 124 Å². The van der Waals surface area contributed by atoms with Crippen LogP contribution in [-0.4, -0.2) is 19.3 Å². The second kappa shape index (κ2) is 14.1. The zero-order chi connectivity index (χ0) is 31.3. The van der Waals surface area contributed by atoms with E-state index < -0.39 is 0 Å². The van der Waals surface area contributed by atoms with Crippen molar-refractivity contribution in [2.45, 2.75) is 77.7 Å². The lowest BCUT2D eigenvalue weighted by molar-refractivity contribution is 0.0639. The molecule has 2 aliphatic rings. The van der Waals surface area contributed by atoms with E-state index in [1.54, 1.807) is 0 Å². The monoisotopic (exact) mass is 606 g/mol. The van der Waals surface area contributed by atoms with Gasteiger partial charge in [-0.2, -0.15) is 0 Å². The van der Waals surface area contributed by atoms with Crippen molar-refractivity contribution in [1.82, 2.24) is 0 Å². The summed E-state index contributed by atoms with van der Waals surface area (Å²) in [4.78, 5) is 0. The van der Waals surface area contributed by atoms with E-state index in [1.807, 2.05) is 0 Å². The number of benzene rings is 5. The van der Waals surface area contributed by atoms with E-state index in [9.17, 15) is 0 Å². The van der Waals surface area contributed by atoms with Crippen molar-refractivity contribution in [2.75, 3.05) is 13.2 Å². The Bertz CT molecular complexity index is 1930. The molecule has 2 nitrogen and oxygen atoms in total. The van der Waals surface area contributed by atoms with Crippen LogP contribution in [0.3, 0.4) is 0 Å². The van der Waals surface area contributed by atoms with E-state index in [1.165, 1.54) is 104 Å². The first kappa shape index (κ1) is 30.5. The molecule has 2 heteroatoms. The maximum Gasteiger partial charge on any atom is 0.127 e. The first-order valence-electron chi connectivity index (χ1n) is 17.6. The van der Waals surface area contributed by atoms with Gasteiger partial charge in [0, 0.05) is 11.1 Å². The standard InChI is InChI=1S/C44H46O2/c1-3-5-7-9-31-11-15-33(16-12-31)35-19-23-39-37(29-35)21-25-41-43(39)44-40-24-20-36(30-38(40)22-26-42(44)46-28-27-45-41)34-17-13-32(14-18-34)10-8-6-4-2/h11-25,29-30,42H,3-10,26-28H2,1-2H3/t42-/m0/s1. The Morgan fingerprint density at radius 3 is 1.91 bits per heavy atom. The number of fused-ring (bicyclic) bond motifs is 6. The first-order chi connectivity index (χ1) is 22.7. The molecule has 0 N–H and O–H groups in total. The van der Waals surface area contributed by atoms with Gasteiger partial charge in [-0.25, -0.2) is 0 Å². The Hall–Kier alpha value is -4.14. The minimum atomic E-state index is 0.00827. The summed E-state index contributed by atoms with van der Waals surface area (Å²) in [5.74, 6) is 0.954. The molecular formula is C44H46O2. The molecule has 5 aromatic carbocycles. The van der Waals surface area contributed by atoms with E-state index in [-0.39, 0.29) is 6.10 Å². The highest BCUT2D eigenvalue weighted by Crippen LogP contribution is 2.39. The molecule has 1 atom stereocenters. The smallest absolute Gasteiger partial charge is 0.127 e. The summed E-state index contributed by atoms with van der Waals surface area (Å²) in [7, 11) is 0. The fourth-order valence-corrected chi connectivity index (χ4v) is 7.24. The van der Waals surface area contributed by atoms with Crippen LogP contribution in [0, 0.1) is 0 Å². The van der Waals surface area contributed by atoms with E-state index in [4.69, 9.17) is 9.47 Å². The number of rotatable bonds is 10. The molecule has 0 amide bonds. The van der Waals surface area contributed by atoms with Crippen LogP contribution in [0.5, 0.6) is 5.75 Å². The second-order valence-corrected chi connectivity index (χ2v) is 13.0. The fraction of sp³-hybridized carbons (Fsp3) is 0.318. The lowest BCUT2D eigenvalue weighted by Crippen LogP contribution is -2.38. The SMILES string of the molecule is CCCCCc1ccc(-c2ccc3c(c2)=CC[C@@H]2OCCOc4ccc5cc(-c6ccc(CCCCC)cc6)ccc5c4C=32)cc1. The molecule has 0 unspecified atom stereocenters. The Labute approximate surface area is 274 Å². The molecule has 0 radical (unpaired) electrons. The highest BCUT2D eigenvalue weighted by atomic mass is 16.5. The van der Waals surface area contributed by atoms with Gasteiger partial charge in [0.15, 0.2) is 0 Å². The summed E-state index contributed by atoms with van der Waals surface area (Å²) in [5, 5.41) is 4.97. The first-order valence-corrected chi connectivity index (χ1v) is 17.6. The van der Waals surface area contributed by atoms with Gasteiger partial charge < -0.3 is 9.47 Å². The summed E-state index contributed by atoms with van der Waals surface area (Å²) in [6.07, 6.45) is 13.2. The van der Waals surface area contributed by atoms with Crippen molar-refractivity contribution in [2.24, 2.45) is 0 Å². The van der Waals surface area contributed by atoms with Crippen LogP contribution in [0.2, 0.25) is 0 Å². The van der Waals surface area contributed by atoms with Gasteiger partial charge in [-0.15, -0.1) is 0 Å². The number of hydrogen-bond acceptors (Lipinski definition) is 2. The van der Waals surface area contributed by atoms with Crippen LogP contribution in [0.15, 0.2) is 97.1 Å². The van der Waals surface area contributed by atoms with Crippen molar-refractivity contribution in [3.63, 3.8) is 0 Å². The molecule has 0 aromatic heterocycles. The average Bonchev–Trinajstić information content (AvgIpc) is 3.09. The minimum absolute atomic E-state index is 0.00827. The van der Waals surface area contributed by atoms with Crippen LogP contribution in [0.1, 0.15) is 75.5 Å². The molecule has 0 fully saturated rings. The van der Waals surface area contributed by atoms with Gasteiger partial charge in [0.1, 0.15) is 12.4 Å². The Kier molecular flexibility index (Phi) is 9.35. The molecule has 5 aromatic rings. The predicted molar refractivity (Wildman–Crippen MR) is 194 cm³/mol. The summed E-state index contributed by atoms with van der Waals surface area (Å²) in [5.41, 5.74) is 10.3. The molecule has 1 heterocycles. The molecule has 0 saturated carbocycles. The van der Waals surface area contributed by atoms with Gasteiger partial charge in [0.25, 0.3) is 0 Å². The van der Waals surface area contributed by atoms with Crippen molar-refractivity contribution in [1.29, 1.82) is 0 Å². The van der Waals surface area contributed by atoms with Crippen molar-refractivity contribution >= 4 is 22.4 Å². The molecular weight excluding hydrogens is 560 g/mol. The summed E-state index contributed by atoms with van der Waals surface area (Å²) in [6.45, 7) is 5.67. The normalized spacial score (nSPS) is 15.6. The molecule has 0 spiro atoms. The highest BCUT2D eigenvalue weighted by molar-refractivity contribution is 5.99. The van der Waals surface area contributed by atoms with Gasteiger partial charge in [-0.05, 0) is 105 Å². The van der Waals surface area contributed by atoms with Crippen LogP contribution in [0.4, 0.5) is 0 Å². The van der Waals surface area contributed by atoms with Crippen LogP contribution in [-0.2, 0) is 17.6 Å². The summed E-state index contributed by atoms with van der Waals surface area (Å²) >= 11 is 0. The molecule has 1 aliphatic carbocycles. The second-order valence-electron chi connectivity index (χ2n) is 13.0. The third-order valence-corrected chi connectivity index (χ3v) is 9.84. The number of unbranched alkanes of at least 4 members (excludes halogenated alkanes) is 4. The maximum absolute atomic E-state index is 6.46. The maximum atomic E-state index is 6.46. The molecule has 1 aliphatic heterocycles. The fourth-order valence-electron chi connectivity index (χ4n) is 7.24. The Balaban J connectivity index is 1.27. The summed E-state index contributed by atoms with van der Waals surface area (Å²) < 4.78 is 12.8. The quantitative estimate of drug-likeness (QED) is 0.147. The van der Waals surface area contributed by atoms with Gasteiger partial charge in [0.2, 0.25) is 0 Å². The zero-order valence-corrected chi connectivity index (χ0v) is 27.5. The molecule has 0 saturated heterocycles. The number of hydrogen-bond donors (Lipinski definition) is 0. The minimum Gasteiger partial charge on any atom is -0.491 e. The van der Waals surface area contributed by atoms with Crippen LogP contribution >= 0.6 is 0 Å². The highest BCUT2D eigenvalue weighted by Gasteiger charge is 2.27. The van der Waals surface area contributed by atoms with Crippen LogP contribution in [0.25, 0.3) is 44.7 Å². The van der Waals surface area contributed by atoms with Crippen molar-refractivity contribution < 1.29 is 9.47 Å². The molecule has 7 rings (SSSR count). The average molecular weight is 607 g/mol. The Morgan fingerprint density at radius 1 is 0.609 bits per heavy atom. The van der Waals surface area contributed by atoms with E-state index in [0.717, 1.165) is 25.0 Å². The van der Waals surface area contributed by atoms with Crippen LogP contribution < -0.4 is 15.2 Å². The zero-order valence-electron chi connectivity index (χ0n) is 27.5. The van der Waals surface area contributed by atoms with Crippen molar-refractivity contribution in [3.8, 4) is 28.0 Å². The third-order valence-electron chi connectivity index (χ3n) is 9.84. The number of aryl methyl sites for hydroxylation is 2. The lowest BCUT2D eigenvalue weighted by atomic mass is 9.86. The van der Waals surface area contributed by atoms with E-state index in [2.05, 4.69) is 117 Å². The Morgan fingerprint density at radius 2 is 1.24 bits per heavy atom. The van der Waals surface area contributed by atoms with Gasteiger partial charge in [0.05, 0.1) is 12.7 Å². The molecule has 46 heavy (non-hydrogen) atoms. The predicted octanol–water partition coefficient (Wildman–Crippen LogP) is 9.80. The largest absolute Gasteiger partial charge is 0.491 e. The summed E-state index contributed by atoms with van der Waals surface area (Å²) in [6, 6.07) is 36.6. The number of ether oxygens (including phenoxy) is 2. The molecule has 234 valence electrons. The van der Waals surface area contributed by atoms with Gasteiger partial charge in [-0.3, -0.25) is 0 Å². The third kappa shape index (κ3) is 6.42. The topological polar surface area (TPSA) is 18.5 Å².